The van der Waals surface area contributed by atoms with E-state index in [1.54, 1.807) is 0 Å². The van der Waals surface area contributed by atoms with E-state index in [1.165, 1.54) is 225 Å². The molecule has 0 bridgehead atoms. The molecule has 0 aliphatic rings. The van der Waals surface area contributed by atoms with Gasteiger partial charge in [-0.2, -0.15) is 0 Å². The summed E-state index contributed by atoms with van der Waals surface area (Å²) in [6.07, 6.45) is 61.2. The van der Waals surface area contributed by atoms with E-state index >= 15 is 0 Å². The molecule has 0 saturated heterocycles. The summed E-state index contributed by atoms with van der Waals surface area (Å²) in [5.41, 5.74) is 0. The van der Waals surface area contributed by atoms with E-state index in [-0.39, 0.29) is 25.7 Å². The van der Waals surface area contributed by atoms with Crippen molar-refractivity contribution >= 4 is 39.5 Å². The Hall–Kier alpha value is -1.94. The molecule has 0 radical (unpaired) electrons. The smallest absolute Gasteiger partial charge is 0.462 e. The van der Waals surface area contributed by atoms with E-state index in [2.05, 4.69) is 34.6 Å². The van der Waals surface area contributed by atoms with Gasteiger partial charge in [-0.3, -0.25) is 37.3 Å². The van der Waals surface area contributed by atoms with Gasteiger partial charge in [0.2, 0.25) is 0 Å². The van der Waals surface area contributed by atoms with Crippen molar-refractivity contribution in [1.82, 2.24) is 0 Å². The molecule has 3 N–H and O–H groups in total. The Labute approximate surface area is 594 Å². The number of unbranched alkanes of at least 4 members (excludes halogenated alkanes) is 50. The first-order valence-electron chi connectivity index (χ1n) is 40.6. The predicted molar refractivity (Wildman–Crippen MR) is 395 cm³/mol. The van der Waals surface area contributed by atoms with Gasteiger partial charge in [0.25, 0.3) is 0 Å². The fraction of sp³-hybridized carbons (Fsp3) is 0.949. The second-order valence-electron chi connectivity index (χ2n) is 28.6. The van der Waals surface area contributed by atoms with Crippen molar-refractivity contribution in [2.24, 2.45) is 5.92 Å². The van der Waals surface area contributed by atoms with Crippen LogP contribution in [0.1, 0.15) is 413 Å². The summed E-state index contributed by atoms with van der Waals surface area (Å²) in [6, 6.07) is 0. The second kappa shape index (κ2) is 71.1. The normalized spacial score (nSPS) is 13.9. The van der Waals surface area contributed by atoms with E-state index < -0.39 is 97.5 Å². The first kappa shape index (κ1) is 95.1. The summed E-state index contributed by atoms with van der Waals surface area (Å²) in [4.78, 5) is 72.8. The van der Waals surface area contributed by atoms with Crippen LogP contribution in [0.2, 0.25) is 0 Å². The van der Waals surface area contributed by atoms with Gasteiger partial charge in [0.1, 0.15) is 19.3 Å². The van der Waals surface area contributed by atoms with Gasteiger partial charge in [-0.15, -0.1) is 0 Å². The van der Waals surface area contributed by atoms with Crippen LogP contribution >= 0.6 is 15.6 Å². The van der Waals surface area contributed by atoms with Crippen LogP contribution in [-0.4, -0.2) is 96.7 Å². The number of ether oxygens (including phenoxy) is 4. The van der Waals surface area contributed by atoms with Crippen molar-refractivity contribution < 1.29 is 80.2 Å². The Morgan fingerprint density at radius 3 is 0.701 bits per heavy atom. The Morgan fingerprint density at radius 2 is 0.474 bits per heavy atom. The molecule has 0 aliphatic heterocycles. The van der Waals surface area contributed by atoms with Crippen LogP contribution in [0, 0.1) is 5.92 Å². The number of aliphatic hydroxyl groups is 1. The van der Waals surface area contributed by atoms with Crippen molar-refractivity contribution in [1.29, 1.82) is 0 Å². The summed E-state index contributed by atoms with van der Waals surface area (Å²) in [6.45, 7) is 7.29. The van der Waals surface area contributed by atoms with Crippen molar-refractivity contribution in [2.75, 3.05) is 39.6 Å². The topological polar surface area (TPSA) is 237 Å². The van der Waals surface area contributed by atoms with Crippen LogP contribution in [0.5, 0.6) is 0 Å². The summed E-state index contributed by atoms with van der Waals surface area (Å²) in [7, 11) is -9.91. The highest BCUT2D eigenvalue weighted by atomic mass is 31.2. The van der Waals surface area contributed by atoms with Crippen LogP contribution < -0.4 is 0 Å². The molecule has 19 heteroatoms. The molecule has 0 saturated carbocycles. The zero-order valence-corrected chi connectivity index (χ0v) is 65.0. The fourth-order valence-electron chi connectivity index (χ4n) is 12.1. The van der Waals surface area contributed by atoms with Crippen LogP contribution in [0.3, 0.4) is 0 Å². The van der Waals surface area contributed by atoms with Gasteiger partial charge in [0, 0.05) is 25.7 Å². The number of carbonyl (C=O) groups excluding carboxylic acids is 4. The number of phosphoric acid groups is 2. The summed E-state index contributed by atoms with van der Waals surface area (Å²) in [5, 5.41) is 10.6. The van der Waals surface area contributed by atoms with Crippen LogP contribution in [0.15, 0.2) is 0 Å². The number of rotatable bonds is 78. The third kappa shape index (κ3) is 72.2. The molecule has 97 heavy (non-hydrogen) atoms. The Kier molecular flexibility index (Phi) is 69.6. The highest BCUT2D eigenvalue weighted by Gasteiger charge is 2.30. The zero-order chi connectivity index (χ0) is 71.2. The van der Waals surface area contributed by atoms with Crippen molar-refractivity contribution in [3.63, 3.8) is 0 Å². The molecule has 5 atom stereocenters. The molecule has 0 amide bonds. The molecule has 0 spiro atoms. The lowest BCUT2D eigenvalue weighted by Crippen LogP contribution is -2.30. The third-order valence-electron chi connectivity index (χ3n) is 18.3. The average Bonchev–Trinajstić information content (AvgIpc) is 1.27. The molecule has 0 rings (SSSR count). The highest BCUT2D eigenvalue weighted by molar-refractivity contribution is 7.47. The van der Waals surface area contributed by atoms with E-state index in [4.69, 9.17) is 37.0 Å². The van der Waals surface area contributed by atoms with E-state index in [0.717, 1.165) is 109 Å². The molecule has 0 aliphatic carbocycles. The number of esters is 4. The number of hydrogen-bond acceptors (Lipinski definition) is 15. The van der Waals surface area contributed by atoms with E-state index in [9.17, 15) is 43.2 Å². The third-order valence-corrected chi connectivity index (χ3v) is 20.2. The highest BCUT2D eigenvalue weighted by Crippen LogP contribution is 2.45. The Morgan fingerprint density at radius 1 is 0.278 bits per heavy atom. The number of hydrogen-bond donors (Lipinski definition) is 3. The average molecular weight is 1420 g/mol. The SMILES string of the molecule is CCCCCCCCCCCCCCCCCCCCCCC(=O)O[C@H](COC(=O)CCCCCCCCCCCCCCCC(C)C)COP(=O)(O)OC[C@@H](O)COP(=O)(O)OC[C@@H](COC(=O)CCCCCCCCC)OC(=O)CCCCCCCCCCCCCCCC. The molecule has 0 aromatic rings. The molecule has 0 heterocycles. The first-order chi connectivity index (χ1) is 47.0. The lowest BCUT2D eigenvalue weighted by Gasteiger charge is -2.21. The largest absolute Gasteiger partial charge is 0.472 e. The summed E-state index contributed by atoms with van der Waals surface area (Å²) < 4.78 is 68.5. The van der Waals surface area contributed by atoms with Gasteiger partial charge in [-0.05, 0) is 31.6 Å². The summed E-state index contributed by atoms with van der Waals surface area (Å²) in [5.74, 6) is -1.32. The lowest BCUT2D eigenvalue weighted by atomic mass is 10.0. The van der Waals surface area contributed by atoms with Gasteiger partial charge in [0.15, 0.2) is 12.2 Å². The van der Waals surface area contributed by atoms with E-state index in [1.807, 2.05) is 0 Å². The van der Waals surface area contributed by atoms with Gasteiger partial charge < -0.3 is 33.8 Å². The van der Waals surface area contributed by atoms with E-state index in [0.29, 0.717) is 25.7 Å². The molecule has 0 fully saturated rings. The molecule has 0 aromatic carbocycles. The van der Waals surface area contributed by atoms with Crippen LogP contribution in [0.4, 0.5) is 0 Å². The number of carbonyl (C=O) groups is 4. The minimum Gasteiger partial charge on any atom is -0.462 e. The van der Waals surface area contributed by atoms with Crippen molar-refractivity contribution in [2.45, 2.75) is 432 Å². The Balaban J connectivity index is 5.18. The molecule has 576 valence electrons. The van der Waals surface area contributed by atoms with Crippen LogP contribution in [-0.2, 0) is 65.4 Å². The van der Waals surface area contributed by atoms with Crippen molar-refractivity contribution in [3.8, 4) is 0 Å². The molecule has 17 nitrogen and oxygen atoms in total. The van der Waals surface area contributed by atoms with Gasteiger partial charge in [-0.25, -0.2) is 9.13 Å². The Bertz CT molecular complexity index is 1860. The monoisotopic (exact) mass is 1420 g/mol. The maximum atomic E-state index is 13.1. The summed E-state index contributed by atoms with van der Waals surface area (Å²) >= 11 is 0. The minimum absolute atomic E-state index is 0.108. The maximum Gasteiger partial charge on any atom is 0.472 e. The van der Waals surface area contributed by atoms with Gasteiger partial charge in [-0.1, -0.05) is 362 Å². The van der Waals surface area contributed by atoms with Crippen molar-refractivity contribution in [3.05, 3.63) is 0 Å². The van der Waals surface area contributed by atoms with Gasteiger partial charge in [0.05, 0.1) is 26.4 Å². The number of aliphatic hydroxyl groups excluding tert-OH is 1. The number of phosphoric ester groups is 2. The second-order valence-corrected chi connectivity index (χ2v) is 31.5. The first-order valence-corrected chi connectivity index (χ1v) is 43.6. The molecule has 2 unspecified atom stereocenters. The predicted octanol–water partition coefficient (Wildman–Crippen LogP) is 23.3. The minimum atomic E-state index is -4.96. The fourth-order valence-corrected chi connectivity index (χ4v) is 13.6. The zero-order valence-electron chi connectivity index (χ0n) is 63.2. The molecular formula is C78H152O17P2. The molecule has 0 aromatic heterocycles. The molecular weight excluding hydrogens is 1270 g/mol. The quantitative estimate of drug-likeness (QED) is 0.0222. The van der Waals surface area contributed by atoms with Crippen LogP contribution in [0.25, 0.3) is 0 Å². The standard InChI is InChI=1S/C78H152O17P2/c1-6-9-12-15-18-20-22-24-26-27-28-29-30-31-35-40-44-49-54-59-64-78(83)95-74(68-89-76(81)62-57-52-47-42-38-36-32-33-37-41-46-50-55-60-71(4)5)70-93-97(86,87)91-66-72(79)65-90-96(84,85)92-69-73(67-88-75(80)61-56-51-45-17-14-11-8-3)94-77(82)63-58-53-48-43-39-34-25-23-21-19-16-13-10-7-2/h71-74,79H,6-70H2,1-5H3,(H,84,85)(H,86,87)/t72-,73+,74+/m0/s1. The maximum absolute atomic E-state index is 13.1. The lowest BCUT2D eigenvalue weighted by molar-refractivity contribution is -0.161. The van der Waals surface area contributed by atoms with Gasteiger partial charge >= 0.3 is 39.5 Å².